The smallest absolute Gasteiger partial charge is 0.243 e. The maximum atomic E-state index is 13.7. The number of carbonyl (C=O) groups is 2. The Bertz CT molecular complexity index is 1030. The summed E-state index contributed by atoms with van der Waals surface area (Å²) in [4.78, 5) is 28.8. The van der Waals surface area contributed by atoms with Crippen molar-refractivity contribution in [3.8, 4) is 5.75 Å². The minimum absolute atomic E-state index is 0.0883. The highest BCUT2D eigenvalue weighted by Gasteiger charge is 2.30. The molecule has 0 unspecified atom stereocenters. The molecule has 0 bridgehead atoms. The monoisotopic (exact) mass is 458 g/mol. The first-order valence-corrected chi connectivity index (χ1v) is 11.7. The van der Waals surface area contributed by atoms with Crippen LogP contribution in [0.4, 0.5) is 0 Å². The molecule has 0 radical (unpaired) electrons. The molecule has 34 heavy (non-hydrogen) atoms. The normalized spacial score (nSPS) is 11.6. The van der Waals surface area contributed by atoms with Crippen molar-refractivity contribution in [3.63, 3.8) is 0 Å². The van der Waals surface area contributed by atoms with Crippen LogP contribution in [0, 0.1) is 5.92 Å². The number of methoxy groups -OCH3 is 1. The Labute approximate surface area is 202 Å². The third-order valence-corrected chi connectivity index (χ3v) is 5.67. The van der Waals surface area contributed by atoms with Gasteiger partial charge in [-0.25, -0.2) is 0 Å². The first-order valence-electron chi connectivity index (χ1n) is 11.7. The topological polar surface area (TPSA) is 58.6 Å². The lowest BCUT2D eigenvalue weighted by Gasteiger charge is -2.32. The number of benzene rings is 3. The van der Waals surface area contributed by atoms with Gasteiger partial charge in [0.2, 0.25) is 11.8 Å². The fraction of sp³-hybridized carbons (Fsp3) is 0.310. The van der Waals surface area contributed by atoms with Crippen LogP contribution in [0.3, 0.4) is 0 Å². The van der Waals surface area contributed by atoms with E-state index in [1.165, 1.54) is 0 Å². The van der Waals surface area contributed by atoms with Crippen molar-refractivity contribution in [2.75, 3.05) is 13.7 Å². The van der Waals surface area contributed by atoms with Crippen molar-refractivity contribution in [1.29, 1.82) is 0 Å². The van der Waals surface area contributed by atoms with Crippen LogP contribution >= 0.6 is 0 Å². The van der Waals surface area contributed by atoms with Crippen molar-refractivity contribution < 1.29 is 14.3 Å². The summed E-state index contributed by atoms with van der Waals surface area (Å²) < 4.78 is 5.23. The van der Waals surface area contributed by atoms with Gasteiger partial charge in [-0.2, -0.15) is 0 Å². The Morgan fingerprint density at radius 3 is 1.97 bits per heavy atom. The number of nitrogens with zero attached hydrogens (tertiary/aromatic N) is 1. The lowest BCUT2D eigenvalue weighted by atomic mass is 10.0. The van der Waals surface area contributed by atoms with E-state index in [2.05, 4.69) is 19.2 Å². The molecule has 1 atom stereocenters. The molecule has 5 heteroatoms. The van der Waals surface area contributed by atoms with Crippen LogP contribution in [0.1, 0.15) is 30.5 Å². The van der Waals surface area contributed by atoms with Crippen LogP contribution in [0.5, 0.6) is 5.75 Å². The van der Waals surface area contributed by atoms with Gasteiger partial charge >= 0.3 is 0 Å². The Morgan fingerprint density at radius 2 is 1.41 bits per heavy atom. The van der Waals surface area contributed by atoms with Crippen molar-refractivity contribution in [2.24, 2.45) is 5.92 Å². The fourth-order valence-corrected chi connectivity index (χ4v) is 3.78. The predicted molar refractivity (Wildman–Crippen MR) is 135 cm³/mol. The molecule has 2 amide bonds. The molecule has 0 saturated carbocycles. The number of rotatable bonds is 11. The highest BCUT2D eigenvalue weighted by atomic mass is 16.5. The van der Waals surface area contributed by atoms with Crippen LogP contribution in [-0.4, -0.2) is 36.4 Å². The Hall–Kier alpha value is -3.60. The van der Waals surface area contributed by atoms with E-state index in [0.717, 1.165) is 22.4 Å². The van der Waals surface area contributed by atoms with Gasteiger partial charge in [-0.1, -0.05) is 86.6 Å². The highest BCUT2D eigenvalue weighted by Crippen LogP contribution is 2.18. The lowest BCUT2D eigenvalue weighted by Crippen LogP contribution is -2.51. The van der Waals surface area contributed by atoms with Crippen LogP contribution in [-0.2, 0) is 29.0 Å². The summed E-state index contributed by atoms with van der Waals surface area (Å²) in [5.41, 5.74) is 2.88. The maximum absolute atomic E-state index is 13.7. The average Bonchev–Trinajstić information content (AvgIpc) is 2.86. The minimum atomic E-state index is -0.618. The van der Waals surface area contributed by atoms with E-state index in [-0.39, 0.29) is 18.2 Å². The van der Waals surface area contributed by atoms with Crippen molar-refractivity contribution in [2.45, 2.75) is 39.3 Å². The van der Waals surface area contributed by atoms with E-state index in [4.69, 9.17) is 4.74 Å². The van der Waals surface area contributed by atoms with Crippen LogP contribution in [0.2, 0.25) is 0 Å². The zero-order valence-corrected chi connectivity index (χ0v) is 20.2. The third kappa shape index (κ3) is 7.48. The van der Waals surface area contributed by atoms with E-state index >= 15 is 0 Å². The van der Waals surface area contributed by atoms with Crippen molar-refractivity contribution >= 4 is 11.8 Å². The first-order chi connectivity index (χ1) is 16.5. The lowest BCUT2D eigenvalue weighted by molar-refractivity contribution is -0.140. The van der Waals surface area contributed by atoms with Gasteiger partial charge in [0.25, 0.3) is 0 Å². The molecule has 0 aliphatic rings. The zero-order valence-electron chi connectivity index (χ0n) is 20.2. The molecule has 0 aliphatic heterocycles. The number of hydrogen-bond donors (Lipinski definition) is 1. The second kappa shape index (κ2) is 12.6. The number of ether oxygens (including phenoxy) is 1. The van der Waals surface area contributed by atoms with Crippen molar-refractivity contribution in [1.82, 2.24) is 10.2 Å². The Balaban J connectivity index is 1.91. The van der Waals surface area contributed by atoms with Crippen molar-refractivity contribution in [3.05, 3.63) is 102 Å². The van der Waals surface area contributed by atoms with Crippen LogP contribution in [0.25, 0.3) is 0 Å². The van der Waals surface area contributed by atoms with E-state index < -0.39 is 6.04 Å². The molecule has 3 aromatic rings. The van der Waals surface area contributed by atoms with Gasteiger partial charge in [-0.05, 0) is 34.7 Å². The summed E-state index contributed by atoms with van der Waals surface area (Å²) in [6.45, 7) is 5.05. The minimum Gasteiger partial charge on any atom is -0.497 e. The number of carbonyl (C=O) groups excluding carboxylic acids is 2. The van der Waals surface area contributed by atoms with Gasteiger partial charge < -0.3 is 15.0 Å². The quantitative estimate of drug-likeness (QED) is 0.455. The standard InChI is InChI=1S/C29H34N2O3/c1-22(2)20-30-29(33)27(18-23-10-6-4-7-11-23)31(21-25-12-8-5-9-13-25)28(32)19-24-14-16-26(34-3)17-15-24/h4-17,22,27H,18-21H2,1-3H3,(H,30,33)/t27-/m1/s1. The average molecular weight is 459 g/mol. The molecule has 0 spiro atoms. The second-order valence-electron chi connectivity index (χ2n) is 8.88. The van der Waals surface area contributed by atoms with E-state index in [1.807, 2.05) is 84.9 Å². The van der Waals surface area contributed by atoms with Gasteiger partial charge in [0.05, 0.1) is 13.5 Å². The number of nitrogens with one attached hydrogen (secondary N) is 1. The summed E-state index contributed by atoms with van der Waals surface area (Å²) in [6.07, 6.45) is 0.658. The van der Waals surface area contributed by atoms with E-state index in [1.54, 1.807) is 12.0 Å². The zero-order chi connectivity index (χ0) is 24.3. The number of hydrogen-bond acceptors (Lipinski definition) is 3. The van der Waals surface area contributed by atoms with Crippen LogP contribution in [0.15, 0.2) is 84.9 Å². The van der Waals surface area contributed by atoms with Gasteiger partial charge in [0, 0.05) is 19.5 Å². The molecular formula is C29H34N2O3. The Morgan fingerprint density at radius 1 is 0.824 bits per heavy atom. The fourth-order valence-electron chi connectivity index (χ4n) is 3.78. The van der Waals surface area contributed by atoms with Gasteiger partial charge in [-0.15, -0.1) is 0 Å². The predicted octanol–water partition coefficient (Wildman–Crippen LogP) is 4.65. The largest absolute Gasteiger partial charge is 0.497 e. The van der Waals surface area contributed by atoms with Gasteiger partial charge in [0.15, 0.2) is 0 Å². The summed E-state index contributed by atoms with van der Waals surface area (Å²) in [5.74, 6) is 0.845. The van der Waals surface area contributed by atoms with E-state index in [9.17, 15) is 9.59 Å². The summed E-state index contributed by atoms with van der Waals surface area (Å²) in [7, 11) is 1.62. The Kier molecular flexibility index (Phi) is 9.27. The molecule has 0 aliphatic carbocycles. The molecular weight excluding hydrogens is 424 g/mol. The summed E-state index contributed by atoms with van der Waals surface area (Å²) in [6, 6.07) is 26.5. The SMILES string of the molecule is COc1ccc(CC(=O)N(Cc2ccccc2)[C@H](Cc2ccccc2)C(=O)NCC(C)C)cc1. The first kappa shape index (κ1) is 25.0. The molecule has 178 valence electrons. The van der Waals surface area contributed by atoms with Gasteiger partial charge in [0.1, 0.15) is 11.8 Å². The van der Waals surface area contributed by atoms with Gasteiger partial charge in [-0.3, -0.25) is 9.59 Å². The number of amides is 2. The molecule has 3 aromatic carbocycles. The highest BCUT2D eigenvalue weighted by molar-refractivity contribution is 5.88. The maximum Gasteiger partial charge on any atom is 0.243 e. The molecule has 0 saturated heterocycles. The third-order valence-electron chi connectivity index (χ3n) is 5.67. The molecule has 0 aromatic heterocycles. The van der Waals surface area contributed by atoms with Crippen LogP contribution < -0.4 is 10.1 Å². The summed E-state index contributed by atoms with van der Waals surface area (Å²) >= 11 is 0. The molecule has 5 nitrogen and oxygen atoms in total. The molecule has 1 N–H and O–H groups in total. The summed E-state index contributed by atoms with van der Waals surface area (Å²) in [5, 5.41) is 3.05. The second-order valence-corrected chi connectivity index (χ2v) is 8.88. The van der Waals surface area contributed by atoms with E-state index in [0.29, 0.717) is 25.4 Å². The molecule has 3 rings (SSSR count). The molecule has 0 fully saturated rings. The molecule has 0 heterocycles.